The molecule has 1 aliphatic heterocycles. The maximum absolute atomic E-state index is 3.80. The number of hydrogen-bond acceptors (Lipinski definition) is 2. The van der Waals surface area contributed by atoms with Gasteiger partial charge < -0.3 is 10.2 Å². The first kappa shape index (κ1) is 13.0. The molecule has 1 aliphatic carbocycles. The van der Waals surface area contributed by atoms with Gasteiger partial charge in [0.25, 0.3) is 0 Å². The van der Waals surface area contributed by atoms with E-state index in [-0.39, 0.29) is 0 Å². The molecule has 1 aromatic carbocycles. The van der Waals surface area contributed by atoms with Crippen LogP contribution in [0.5, 0.6) is 0 Å². The Morgan fingerprint density at radius 1 is 1.26 bits per heavy atom. The van der Waals surface area contributed by atoms with Gasteiger partial charge in [-0.2, -0.15) is 0 Å². The molecule has 0 bridgehead atoms. The molecule has 2 heteroatoms. The topological polar surface area (TPSA) is 15.3 Å². The SMILES string of the molecule is Cc1cccc(N2CC(C)(C3CC3)NCC2C)c1C. The molecule has 0 spiro atoms. The van der Waals surface area contributed by atoms with Crippen molar-refractivity contribution < 1.29 is 0 Å². The molecule has 2 unspecified atom stereocenters. The Kier molecular flexibility index (Phi) is 3.09. The Bertz CT molecular complexity index is 478. The molecule has 0 radical (unpaired) electrons. The number of nitrogens with zero attached hydrogens (tertiary/aromatic N) is 1. The Labute approximate surface area is 117 Å². The van der Waals surface area contributed by atoms with Crippen LogP contribution >= 0.6 is 0 Å². The number of piperazine rings is 1. The maximum atomic E-state index is 3.80. The molecule has 1 aromatic rings. The number of aryl methyl sites for hydroxylation is 1. The van der Waals surface area contributed by atoms with E-state index in [0.29, 0.717) is 11.6 Å². The minimum atomic E-state index is 0.308. The Balaban J connectivity index is 1.91. The highest BCUT2D eigenvalue weighted by molar-refractivity contribution is 5.57. The fraction of sp³-hybridized carbons (Fsp3) is 0.647. The third-order valence-corrected chi connectivity index (χ3v) is 5.20. The van der Waals surface area contributed by atoms with Gasteiger partial charge in [0.2, 0.25) is 0 Å². The lowest BCUT2D eigenvalue weighted by molar-refractivity contribution is 0.260. The van der Waals surface area contributed by atoms with E-state index in [1.807, 2.05) is 0 Å². The summed E-state index contributed by atoms with van der Waals surface area (Å²) in [5, 5.41) is 3.80. The van der Waals surface area contributed by atoms with Crippen LogP contribution < -0.4 is 10.2 Å². The van der Waals surface area contributed by atoms with Gasteiger partial charge in [0.15, 0.2) is 0 Å². The van der Waals surface area contributed by atoms with Gasteiger partial charge in [0, 0.05) is 30.4 Å². The van der Waals surface area contributed by atoms with E-state index >= 15 is 0 Å². The molecule has 1 saturated heterocycles. The second-order valence-electron chi connectivity index (χ2n) is 6.77. The molecule has 2 nitrogen and oxygen atoms in total. The molecule has 0 amide bonds. The first-order chi connectivity index (χ1) is 9.01. The van der Waals surface area contributed by atoms with Crippen molar-refractivity contribution in [1.82, 2.24) is 5.32 Å². The molecular formula is C17H26N2. The van der Waals surface area contributed by atoms with Crippen molar-refractivity contribution in [2.75, 3.05) is 18.0 Å². The Morgan fingerprint density at radius 2 is 2.00 bits per heavy atom. The van der Waals surface area contributed by atoms with Crippen molar-refractivity contribution in [2.45, 2.75) is 52.1 Å². The standard InChI is InChI=1S/C17H26N2/c1-12-6-5-7-16(14(12)3)19-11-17(4,15-8-9-15)18-10-13(19)2/h5-7,13,15,18H,8-11H2,1-4H3. The third-order valence-electron chi connectivity index (χ3n) is 5.20. The third kappa shape index (κ3) is 2.27. The monoisotopic (exact) mass is 258 g/mol. The zero-order chi connectivity index (χ0) is 13.6. The summed E-state index contributed by atoms with van der Waals surface area (Å²) in [5.74, 6) is 0.882. The lowest BCUT2D eigenvalue weighted by Crippen LogP contribution is -2.63. The van der Waals surface area contributed by atoms with Crippen molar-refractivity contribution >= 4 is 5.69 Å². The molecule has 1 heterocycles. The van der Waals surface area contributed by atoms with Gasteiger partial charge in [0.1, 0.15) is 0 Å². The van der Waals surface area contributed by atoms with Crippen LogP contribution in [-0.2, 0) is 0 Å². The highest BCUT2D eigenvalue weighted by Gasteiger charge is 2.45. The Morgan fingerprint density at radius 3 is 2.68 bits per heavy atom. The van der Waals surface area contributed by atoms with Crippen molar-refractivity contribution in [3.8, 4) is 0 Å². The van der Waals surface area contributed by atoms with E-state index in [9.17, 15) is 0 Å². The van der Waals surface area contributed by atoms with Crippen molar-refractivity contribution in [3.63, 3.8) is 0 Å². The number of benzene rings is 1. The van der Waals surface area contributed by atoms with E-state index in [0.717, 1.165) is 19.0 Å². The molecule has 2 atom stereocenters. The van der Waals surface area contributed by atoms with Crippen LogP contribution in [0.15, 0.2) is 18.2 Å². The summed E-state index contributed by atoms with van der Waals surface area (Å²) in [6.45, 7) is 11.5. The van der Waals surface area contributed by atoms with Gasteiger partial charge in [-0.05, 0) is 63.6 Å². The fourth-order valence-electron chi connectivity index (χ4n) is 3.42. The second kappa shape index (κ2) is 4.52. The maximum Gasteiger partial charge on any atom is 0.0402 e. The van der Waals surface area contributed by atoms with E-state index in [1.165, 1.54) is 29.7 Å². The average molecular weight is 258 g/mol. The number of nitrogens with one attached hydrogen (secondary N) is 1. The molecule has 104 valence electrons. The van der Waals surface area contributed by atoms with Crippen LogP contribution in [-0.4, -0.2) is 24.7 Å². The lowest BCUT2D eigenvalue weighted by Gasteiger charge is -2.47. The lowest BCUT2D eigenvalue weighted by atomic mass is 9.90. The van der Waals surface area contributed by atoms with Gasteiger partial charge >= 0.3 is 0 Å². The molecule has 0 aromatic heterocycles. The zero-order valence-electron chi connectivity index (χ0n) is 12.7. The van der Waals surface area contributed by atoms with E-state index in [4.69, 9.17) is 0 Å². The summed E-state index contributed by atoms with van der Waals surface area (Å²) < 4.78 is 0. The first-order valence-electron chi connectivity index (χ1n) is 7.59. The summed E-state index contributed by atoms with van der Waals surface area (Å²) in [4.78, 5) is 2.62. The van der Waals surface area contributed by atoms with Crippen LogP contribution in [0.1, 0.15) is 37.8 Å². The normalized spacial score (nSPS) is 31.6. The molecule has 3 rings (SSSR count). The van der Waals surface area contributed by atoms with Crippen LogP contribution in [0.2, 0.25) is 0 Å². The van der Waals surface area contributed by atoms with Gasteiger partial charge in [-0.25, -0.2) is 0 Å². The van der Waals surface area contributed by atoms with E-state index < -0.39 is 0 Å². The molecular weight excluding hydrogens is 232 g/mol. The Hall–Kier alpha value is -1.02. The van der Waals surface area contributed by atoms with Gasteiger partial charge in [-0.3, -0.25) is 0 Å². The fourth-order valence-corrected chi connectivity index (χ4v) is 3.42. The molecule has 1 saturated carbocycles. The zero-order valence-corrected chi connectivity index (χ0v) is 12.7. The first-order valence-corrected chi connectivity index (χ1v) is 7.59. The molecule has 2 aliphatic rings. The molecule has 1 N–H and O–H groups in total. The largest absolute Gasteiger partial charge is 0.365 e. The average Bonchev–Trinajstić information content (AvgIpc) is 3.21. The highest BCUT2D eigenvalue weighted by atomic mass is 15.3. The molecule has 19 heavy (non-hydrogen) atoms. The van der Waals surface area contributed by atoms with Crippen LogP contribution in [0, 0.1) is 19.8 Å². The van der Waals surface area contributed by atoms with E-state index in [2.05, 4.69) is 56.1 Å². The molecule has 2 fully saturated rings. The number of hydrogen-bond donors (Lipinski definition) is 1. The van der Waals surface area contributed by atoms with Crippen molar-refractivity contribution in [2.24, 2.45) is 5.92 Å². The predicted molar refractivity (Wildman–Crippen MR) is 81.9 cm³/mol. The minimum absolute atomic E-state index is 0.308. The van der Waals surface area contributed by atoms with Crippen LogP contribution in [0.25, 0.3) is 0 Å². The number of anilines is 1. The van der Waals surface area contributed by atoms with E-state index in [1.54, 1.807) is 0 Å². The van der Waals surface area contributed by atoms with Crippen LogP contribution in [0.3, 0.4) is 0 Å². The van der Waals surface area contributed by atoms with Crippen LogP contribution in [0.4, 0.5) is 5.69 Å². The number of rotatable bonds is 2. The van der Waals surface area contributed by atoms with Gasteiger partial charge in [-0.15, -0.1) is 0 Å². The minimum Gasteiger partial charge on any atom is -0.365 e. The summed E-state index contributed by atoms with van der Waals surface area (Å²) in [6, 6.07) is 7.27. The highest BCUT2D eigenvalue weighted by Crippen LogP contribution is 2.42. The van der Waals surface area contributed by atoms with Gasteiger partial charge in [-0.1, -0.05) is 12.1 Å². The van der Waals surface area contributed by atoms with Gasteiger partial charge in [0.05, 0.1) is 0 Å². The second-order valence-corrected chi connectivity index (χ2v) is 6.77. The smallest absolute Gasteiger partial charge is 0.0402 e. The predicted octanol–water partition coefficient (Wildman–Crippen LogP) is 3.27. The van der Waals surface area contributed by atoms with Crippen molar-refractivity contribution in [3.05, 3.63) is 29.3 Å². The summed E-state index contributed by atoms with van der Waals surface area (Å²) in [6.07, 6.45) is 2.80. The summed E-state index contributed by atoms with van der Waals surface area (Å²) in [7, 11) is 0. The summed E-state index contributed by atoms with van der Waals surface area (Å²) >= 11 is 0. The van der Waals surface area contributed by atoms with Crippen molar-refractivity contribution in [1.29, 1.82) is 0 Å². The summed E-state index contributed by atoms with van der Waals surface area (Å²) in [5.41, 5.74) is 4.58. The quantitative estimate of drug-likeness (QED) is 0.876.